The van der Waals surface area contributed by atoms with Gasteiger partial charge in [0.15, 0.2) is 34.8 Å². The maximum atomic E-state index is 15.3. The van der Waals surface area contributed by atoms with Crippen molar-refractivity contribution in [2.75, 3.05) is 145 Å². The SMILES string of the molecule is CC(=O)OCBr.CC(=O)OCOc1cc2oc3cc(=O)c(F)cc-3c(C3=CC4OCCOCCOCCOCCOCCCC4C=C3)c2cc1F.COOC#N.COOC#N.O=c1cc2oc3cc(O)c(F)cc3c(C3=CC4OCCOCCOCCOCCOCCCC4C=C3)c-2cc1F. The molecule has 1 N–H and O–H groups in total. The minimum Gasteiger partial charge on any atom is -0.505 e. The Hall–Kier alpha value is -8.38. The fourth-order valence-electron chi connectivity index (χ4n) is 10.3. The number of hydrogen-bond donors (Lipinski definition) is 1. The van der Waals surface area contributed by atoms with Gasteiger partial charge in [-0.05, 0) is 89.2 Å². The first-order valence-corrected chi connectivity index (χ1v) is 32.9. The number of carbonyl (C=O) groups excluding carboxylic acids is 2. The summed E-state index contributed by atoms with van der Waals surface area (Å²) in [5.41, 5.74) is 1.79. The first-order valence-electron chi connectivity index (χ1n) is 31.8. The van der Waals surface area contributed by atoms with Gasteiger partial charge in [0.25, 0.3) is 0 Å². The van der Waals surface area contributed by atoms with E-state index in [0.717, 1.165) is 62.1 Å². The Morgan fingerprint density at radius 2 is 0.911 bits per heavy atom. The molecule has 4 aliphatic heterocycles. The third-order valence-corrected chi connectivity index (χ3v) is 15.0. The van der Waals surface area contributed by atoms with Crippen LogP contribution >= 0.6 is 15.9 Å². The number of hydrogen-bond acceptors (Lipinski definition) is 26. The number of fused-ring (bicyclic) bond motifs is 6. The lowest BCUT2D eigenvalue weighted by Gasteiger charge is -2.28. The second kappa shape index (κ2) is 45.5. The van der Waals surface area contributed by atoms with Crippen LogP contribution in [0, 0.1) is 58.1 Å². The van der Waals surface area contributed by atoms with Crippen molar-refractivity contribution >= 4 is 61.0 Å². The number of nitriles is 2. The number of allylic oxidation sites excluding steroid dienone is 4. The van der Waals surface area contributed by atoms with Gasteiger partial charge in [0.1, 0.15) is 28.2 Å². The topological polar surface area (TPSA) is 319 Å². The second-order valence-electron chi connectivity index (χ2n) is 21.6. The Morgan fingerprint density at radius 1 is 0.525 bits per heavy atom. The van der Waals surface area contributed by atoms with E-state index in [1.54, 1.807) is 0 Å². The third-order valence-electron chi connectivity index (χ3n) is 14.8. The zero-order valence-electron chi connectivity index (χ0n) is 56.0. The largest absolute Gasteiger partial charge is 0.505 e. The van der Waals surface area contributed by atoms with Gasteiger partial charge in [-0.2, -0.15) is 9.78 Å². The molecule has 2 fully saturated rings. The molecule has 0 spiro atoms. The number of carbonyl (C=O) groups is 2. The molecule has 2 saturated heterocycles. The number of benzene rings is 4. The monoisotopic (exact) mass is 1490 g/mol. The molecule has 548 valence electrons. The number of esters is 2. The van der Waals surface area contributed by atoms with E-state index in [0.29, 0.717) is 169 Å². The molecule has 0 aromatic heterocycles. The standard InChI is InChI=1S/C33H36F2O10.C30H32F2O8.C3H5BrO2.2C2H3NO2/c1-21(36)43-20-44-32-19-31-25(17-27(32)35)33(24-16-26(34)28(37)18-30(24)45-31)23-5-4-22-3-2-6-38-7-8-39-9-10-40-11-12-41-13-14-42-29(22)15-23;31-23-15-21-28(17-25(23)33)40-29-18-26(34)24(32)16-22(29)30(21)20-4-3-19-2-1-5-35-6-7-36-8-9-37-10-11-38-12-13-39-27(19)14-20;1-3(5)6-2-4;2*1-4-5-2-3/h4-5,15-19,22,29H,2-3,6-14,20H2,1H3;3-4,14-19,27,33H,1-2,5-13H2;2H2,1H3;2*1H3. The van der Waals surface area contributed by atoms with E-state index in [2.05, 4.69) is 40.2 Å². The van der Waals surface area contributed by atoms with Gasteiger partial charge in [0.2, 0.25) is 17.7 Å². The molecule has 0 amide bonds. The summed E-state index contributed by atoms with van der Waals surface area (Å²) in [5.74, 6) is -4.89. The predicted molar refractivity (Wildman–Crippen MR) is 356 cm³/mol. The van der Waals surface area contributed by atoms with Crippen molar-refractivity contribution in [1.82, 2.24) is 0 Å². The second-order valence-corrected chi connectivity index (χ2v) is 22.0. The Morgan fingerprint density at radius 3 is 1.28 bits per heavy atom. The molecule has 0 bridgehead atoms. The molecule has 26 nitrogen and oxygen atoms in total. The zero-order valence-corrected chi connectivity index (χ0v) is 57.6. The number of ether oxygens (including phenoxy) is 13. The van der Waals surface area contributed by atoms with E-state index in [-0.39, 0.29) is 58.4 Å². The van der Waals surface area contributed by atoms with E-state index >= 15 is 4.39 Å². The van der Waals surface area contributed by atoms with Gasteiger partial charge in [-0.1, -0.05) is 24.3 Å². The Bertz CT molecular complexity index is 3840. The van der Waals surface area contributed by atoms with Crippen molar-refractivity contribution in [3.05, 3.63) is 140 Å². The quantitative estimate of drug-likeness (QED) is 0.0216. The summed E-state index contributed by atoms with van der Waals surface area (Å²) in [5, 5.41) is 25.5. The van der Waals surface area contributed by atoms with Crippen LogP contribution in [0.2, 0.25) is 0 Å². The molecular formula is C70H79BrF4N2O24. The predicted octanol–water partition coefficient (Wildman–Crippen LogP) is 10.6. The summed E-state index contributed by atoms with van der Waals surface area (Å²) >= 11 is 2.91. The van der Waals surface area contributed by atoms with E-state index < -0.39 is 52.6 Å². The maximum absolute atomic E-state index is 15.3. The average molecular weight is 1490 g/mol. The van der Waals surface area contributed by atoms with Crippen LogP contribution in [0.4, 0.5) is 17.6 Å². The van der Waals surface area contributed by atoms with Crippen LogP contribution in [0.25, 0.3) is 55.7 Å². The molecule has 4 atom stereocenters. The van der Waals surface area contributed by atoms with Gasteiger partial charge in [-0.15, -0.1) is 10.5 Å². The summed E-state index contributed by atoms with van der Waals surface area (Å²) in [6.07, 6.45) is 16.7. The molecule has 0 saturated carbocycles. The van der Waals surface area contributed by atoms with Crippen LogP contribution < -0.4 is 15.6 Å². The third kappa shape index (κ3) is 27.2. The van der Waals surface area contributed by atoms with Gasteiger partial charge in [-0.25, -0.2) is 17.6 Å². The van der Waals surface area contributed by atoms with Crippen LogP contribution in [0.1, 0.15) is 50.7 Å². The molecule has 4 aliphatic carbocycles. The molecule has 10 rings (SSSR count). The van der Waals surface area contributed by atoms with Crippen molar-refractivity contribution in [1.29, 1.82) is 10.5 Å². The van der Waals surface area contributed by atoms with Crippen LogP contribution in [0.15, 0.2) is 103 Å². The van der Waals surface area contributed by atoms with E-state index in [4.69, 9.17) is 76.2 Å². The molecule has 2 aromatic rings. The Kier molecular flexibility index (Phi) is 36.7. The number of aromatic hydroxyl groups is 1. The summed E-state index contributed by atoms with van der Waals surface area (Å²) in [6, 6.07) is 9.13. The van der Waals surface area contributed by atoms with Gasteiger partial charge < -0.3 is 75.5 Å². The fraction of sp³-hybridized carbons (Fsp3) is 0.457. The first kappa shape index (κ1) is 81.6. The molecule has 31 heteroatoms. The molecule has 4 heterocycles. The van der Waals surface area contributed by atoms with Crippen molar-refractivity contribution in [2.45, 2.75) is 51.7 Å². The smallest absolute Gasteiger partial charge is 0.324 e. The lowest BCUT2D eigenvalue weighted by Crippen LogP contribution is -2.26. The summed E-state index contributed by atoms with van der Waals surface area (Å²) in [7, 11) is 2.53. The zero-order chi connectivity index (χ0) is 72.7. The average Bonchev–Trinajstić information content (AvgIpc) is 0.754. The Labute approximate surface area is 586 Å². The molecule has 8 aliphatic rings. The minimum atomic E-state index is -0.961. The number of phenols is 1. The van der Waals surface area contributed by atoms with Gasteiger partial charge in [0.05, 0.1) is 132 Å². The molecular weight excluding hydrogens is 1410 g/mol. The highest BCUT2D eigenvalue weighted by Crippen LogP contribution is 2.44. The lowest BCUT2D eigenvalue weighted by molar-refractivity contribution is -0.211. The molecule has 4 unspecified atom stereocenters. The maximum Gasteiger partial charge on any atom is 0.324 e. The fourth-order valence-corrected chi connectivity index (χ4v) is 10.6. The molecule has 2 aromatic carbocycles. The number of alkyl halides is 1. The molecule has 0 radical (unpaired) electrons. The van der Waals surface area contributed by atoms with Crippen LogP contribution in [-0.2, 0) is 86.0 Å². The number of phenolic OH excluding ortho intramolecular Hbond substituents is 1. The highest BCUT2D eigenvalue weighted by atomic mass is 79.9. The van der Waals surface area contributed by atoms with Crippen LogP contribution in [0.5, 0.6) is 11.5 Å². The first-order chi connectivity index (χ1) is 49.0. The summed E-state index contributed by atoms with van der Waals surface area (Å²) in [4.78, 5) is 60.1. The summed E-state index contributed by atoms with van der Waals surface area (Å²) in [6.45, 7) is 10.3. The normalized spacial score (nSPS) is 19.2. The highest BCUT2D eigenvalue weighted by Gasteiger charge is 2.30. The van der Waals surface area contributed by atoms with Gasteiger partial charge in [0, 0.05) is 96.2 Å². The van der Waals surface area contributed by atoms with E-state index in [1.807, 2.05) is 36.5 Å². The number of halogens is 5. The van der Waals surface area contributed by atoms with Crippen molar-refractivity contribution < 1.29 is 122 Å². The molecule has 101 heavy (non-hydrogen) atoms. The summed E-state index contributed by atoms with van der Waals surface area (Å²) < 4.78 is 142. The minimum absolute atomic E-state index is 0.00439. The van der Waals surface area contributed by atoms with Gasteiger partial charge in [-0.3, -0.25) is 29.0 Å². The van der Waals surface area contributed by atoms with E-state index in [1.165, 1.54) is 52.7 Å². The number of nitrogens with zero attached hydrogens (tertiary/aromatic N) is 2. The van der Waals surface area contributed by atoms with Crippen molar-refractivity contribution in [2.24, 2.45) is 11.8 Å². The Balaban J connectivity index is 0.000000262. The number of rotatable bonds is 8. The van der Waals surface area contributed by atoms with Crippen LogP contribution in [-0.4, -0.2) is 175 Å². The lowest BCUT2D eigenvalue weighted by atomic mass is 9.85. The van der Waals surface area contributed by atoms with Crippen LogP contribution in [0.3, 0.4) is 0 Å². The van der Waals surface area contributed by atoms with E-state index in [9.17, 15) is 37.5 Å². The van der Waals surface area contributed by atoms with Gasteiger partial charge >= 0.3 is 24.4 Å². The highest BCUT2D eigenvalue weighted by molar-refractivity contribution is 9.09. The van der Waals surface area contributed by atoms with Crippen molar-refractivity contribution in [3.63, 3.8) is 0 Å². The van der Waals surface area contributed by atoms with Crippen molar-refractivity contribution in [3.8, 4) is 46.7 Å².